The van der Waals surface area contributed by atoms with E-state index >= 15 is 0 Å². The van der Waals surface area contributed by atoms with Gasteiger partial charge in [0, 0.05) is 0 Å². The average molecular weight is 648 g/mol. The zero-order valence-electron chi connectivity index (χ0n) is 25.4. The molecule has 1 aliphatic carbocycles. The molecule has 39 heavy (non-hydrogen) atoms. The quantitative estimate of drug-likeness (QED) is 0.134. The van der Waals surface area contributed by atoms with E-state index in [9.17, 15) is 0 Å². The standard InChI is InChI=1S/C34H57Si.3ClH.Ti/c1-4-6-8-9-10-11-12-13-14-15-16-17-18-19-20-24-31-35(3,33-28-22-21-23-29-33)34-30-25-27-32(34)26-7-5-2;;;;/h21-23,27-29H,4-20,24-26,31H2,1-3H3;3*1H;/q;;;;+3/p-3. The van der Waals surface area contributed by atoms with Gasteiger partial charge in [-0.15, -0.1) is 0 Å². The van der Waals surface area contributed by atoms with Gasteiger partial charge in [0.2, 0.25) is 0 Å². The minimum absolute atomic E-state index is 0. The number of rotatable bonds is 22. The van der Waals surface area contributed by atoms with Crippen LogP contribution in [0.1, 0.15) is 142 Å². The van der Waals surface area contributed by atoms with E-state index in [-0.39, 0.29) is 37.2 Å². The van der Waals surface area contributed by atoms with E-state index in [0.29, 0.717) is 0 Å². The summed E-state index contributed by atoms with van der Waals surface area (Å²) in [6.45, 7) is 7.31. The van der Waals surface area contributed by atoms with Crippen molar-refractivity contribution in [2.45, 2.75) is 155 Å². The molecule has 222 valence electrons. The van der Waals surface area contributed by atoms with E-state index in [0.717, 1.165) is 0 Å². The molecule has 0 saturated carbocycles. The second-order valence-electron chi connectivity index (χ2n) is 11.6. The number of hydrogen-bond acceptors (Lipinski definition) is 0. The Morgan fingerprint density at radius 2 is 1.05 bits per heavy atom. The number of halogens is 3. The molecule has 1 aromatic rings. The van der Waals surface area contributed by atoms with Gasteiger partial charge >= 0.3 is 181 Å². The van der Waals surface area contributed by atoms with Crippen LogP contribution in [-0.4, -0.2) is 8.07 Å². The third kappa shape index (κ3) is 16.1. The van der Waals surface area contributed by atoms with Crippen molar-refractivity contribution in [2.24, 2.45) is 0 Å². The summed E-state index contributed by atoms with van der Waals surface area (Å²) in [5.74, 6) is 0. The third-order valence-electron chi connectivity index (χ3n) is 8.47. The minimum atomic E-state index is -1.66. The van der Waals surface area contributed by atoms with Crippen molar-refractivity contribution in [2.75, 3.05) is 0 Å². The summed E-state index contributed by atoms with van der Waals surface area (Å²) in [5.41, 5.74) is 1.71. The van der Waals surface area contributed by atoms with Crippen LogP contribution in [0.15, 0.2) is 51.1 Å². The van der Waals surface area contributed by atoms with Crippen LogP contribution in [0, 0.1) is 0 Å². The second-order valence-corrected chi connectivity index (χ2v) is 16.8. The molecule has 0 N–H and O–H groups in total. The van der Waals surface area contributed by atoms with Gasteiger partial charge in [-0.1, -0.05) is 58.3 Å². The summed E-state index contributed by atoms with van der Waals surface area (Å²) in [4.78, 5) is 0. The molecule has 5 heteroatoms. The fourth-order valence-corrected chi connectivity index (χ4v) is 12.3. The maximum atomic E-state index is 2.68. The van der Waals surface area contributed by atoms with Crippen molar-refractivity contribution >= 4 is 13.3 Å². The summed E-state index contributed by atoms with van der Waals surface area (Å²) in [7, 11) is -1.66. The first kappa shape index (κ1) is 41.6. The summed E-state index contributed by atoms with van der Waals surface area (Å²) < 4.78 is 1.68. The average Bonchev–Trinajstić information content (AvgIpc) is 3.28. The van der Waals surface area contributed by atoms with E-state index in [4.69, 9.17) is 0 Å². The monoisotopic (exact) mass is 646 g/mol. The molecule has 0 aliphatic heterocycles. The van der Waals surface area contributed by atoms with Crippen LogP contribution in [0.5, 0.6) is 0 Å². The first-order valence-corrected chi connectivity index (χ1v) is 19.3. The molecule has 1 aliphatic rings. The van der Waals surface area contributed by atoms with Gasteiger partial charge < -0.3 is 37.2 Å². The van der Waals surface area contributed by atoms with Crippen LogP contribution in [0.25, 0.3) is 0 Å². The summed E-state index contributed by atoms with van der Waals surface area (Å²) in [6, 6.07) is 13.0. The predicted molar refractivity (Wildman–Crippen MR) is 161 cm³/mol. The van der Waals surface area contributed by atoms with Crippen LogP contribution >= 0.6 is 0 Å². The van der Waals surface area contributed by atoms with Gasteiger partial charge in [0.15, 0.2) is 0 Å². The van der Waals surface area contributed by atoms with Crippen LogP contribution < -0.4 is 42.4 Å². The molecule has 1 atom stereocenters. The number of hydrogen-bond donors (Lipinski definition) is 0. The van der Waals surface area contributed by atoms with Crippen molar-refractivity contribution in [1.29, 1.82) is 0 Å². The van der Waals surface area contributed by atoms with Crippen LogP contribution in [0.4, 0.5) is 0 Å². The van der Waals surface area contributed by atoms with Gasteiger partial charge in [-0.25, -0.2) is 0 Å². The van der Waals surface area contributed by atoms with Crippen LogP contribution in [0.2, 0.25) is 12.6 Å². The number of benzene rings is 1. The maximum absolute atomic E-state index is 2.68. The molecule has 2 rings (SSSR count). The molecule has 0 aromatic heterocycles. The van der Waals surface area contributed by atoms with Crippen LogP contribution in [-0.2, 0) is 20.4 Å². The van der Waals surface area contributed by atoms with Gasteiger partial charge in [0.25, 0.3) is 0 Å². The molecule has 0 spiro atoms. The molecule has 0 saturated heterocycles. The third-order valence-corrected chi connectivity index (χ3v) is 14.3. The summed E-state index contributed by atoms with van der Waals surface area (Å²) >= 11 is 2.42. The number of allylic oxidation sites excluding steroid dienone is 4. The minimum Gasteiger partial charge on any atom is -1.00 e. The Morgan fingerprint density at radius 3 is 1.51 bits per heavy atom. The molecule has 1 unspecified atom stereocenters. The molecule has 0 radical (unpaired) electrons. The summed E-state index contributed by atoms with van der Waals surface area (Å²) in [5, 5.41) is 3.48. The second kappa shape index (κ2) is 26.2. The van der Waals surface area contributed by atoms with E-state index in [2.05, 4.69) is 77.2 Å². The molecule has 0 heterocycles. The van der Waals surface area contributed by atoms with Gasteiger partial charge in [-0.05, 0) is 0 Å². The van der Waals surface area contributed by atoms with Crippen molar-refractivity contribution < 1.29 is 57.7 Å². The molecule has 0 fully saturated rings. The van der Waals surface area contributed by atoms with Crippen molar-refractivity contribution in [1.82, 2.24) is 0 Å². The molecule has 1 aromatic carbocycles. The van der Waals surface area contributed by atoms with Gasteiger partial charge in [-0.3, -0.25) is 0 Å². The van der Waals surface area contributed by atoms with Gasteiger partial charge in [0.1, 0.15) is 0 Å². The normalized spacial score (nSPS) is 14.2. The van der Waals surface area contributed by atoms with Crippen molar-refractivity contribution in [3.05, 3.63) is 51.1 Å². The van der Waals surface area contributed by atoms with Crippen molar-refractivity contribution in [3.8, 4) is 0 Å². The SMILES string of the molecule is CCCCCCCCCCCCCCCCCC[Si](C)(C1=[C]([Ti+3])CC=C1CCCC)c1ccccc1.[Cl-].[Cl-].[Cl-]. The van der Waals surface area contributed by atoms with E-state index < -0.39 is 8.07 Å². The maximum Gasteiger partial charge on any atom is -1.00 e. The van der Waals surface area contributed by atoms with Gasteiger partial charge in [-0.2, -0.15) is 0 Å². The molecular formula is C34H57Cl3SiTi. The zero-order chi connectivity index (χ0) is 25.9. The van der Waals surface area contributed by atoms with E-state index in [1.807, 2.05) is 5.20 Å². The van der Waals surface area contributed by atoms with E-state index in [1.165, 1.54) is 134 Å². The Morgan fingerprint density at radius 1 is 0.615 bits per heavy atom. The molecule has 0 bridgehead atoms. The van der Waals surface area contributed by atoms with E-state index in [1.54, 1.807) is 14.6 Å². The predicted octanol–water partition coefficient (Wildman–Crippen LogP) is 2.11. The molecule has 0 amide bonds. The van der Waals surface area contributed by atoms with Crippen LogP contribution in [0.3, 0.4) is 0 Å². The smallest absolute Gasteiger partial charge is 1.00 e. The topological polar surface area (TPSA) is 0 Å². The Hall–Kier alpha value is 0.501. The molecular weight excluding hydrogens is 591 g/mol. The zero-order valence-corrected chi connectivity index (χ0v) is 30.3. The largest absolute Gasteiger partial charge is 1.00 e. The Bertz CT molecular complexity index is 765. The first-order valence-electron chi connectivity index (χ1n) is 15.8. The molecule has 0 nitrogen and oxygen atoms in total. The Kier molecular flexibility index (Phi) is 27.9. The summed E-state index contributed by atoms with van der Waals surface area (Å²) in [6.07, 6.45) is 30.9. The fourth-order valence-electron chi connectivity index (χ4n) is 6.15. The Labute approximate surface area is 275 Å². The number of unbranched alkanes of at least 4 members (excludes halogenated alkanes) is 16. The van der Waals surface area contributed by atoms with Crippen molar-refractivity contribution in [3.63, 3.8) is 0 Å². The van der Waals surface area contributed by atoms with Gasteiger partial charge in [0.05, 0.1) is 0 Å². The fraction of sp³-hybridized carbons (Fsp3) is 0.706. The Balaban J connectivity index is 0. The first-order chi connectivity index (χ1) is 17.6.